The highest BCUT2D eigenvalue weighted by atomic mass is 15.4. The standard InChI is InChI=1S/C14H16N6/c1-14(2,11-5-7-15-8-6-11)9-16-12-3-4-13-18-17-10-20(13)19-12/h3-8,10H,9H2,1-2H3,(H,16,19). The third-order valence-corrected chi connectivity index (χ3v) is 3.33. The summed E-state index contributed by atoms with van der Waals surface area (Å²) in [5.41, 5.74) is 1.97. The van der Waals surface area contributed by atoms with Crippen LogP contribution in [0.2, 0.25) is 0 Å². The molecule has 0 atom stereocenters. The molecule has 20 heavy (non-hydrogen) atoms. The van der Waals surface area contributed by atoms with E-state index < -0.39 is 0 Å². The number of pyridine rings is 1. The Kier molecular flexibility index (Phi) is 3.06. The number of rotatable bonds is 4. The monoisotopic (exact) mass is 268 g/mol. The number of aromatic nitrogens is 5. The minimum Gasteiger partial charge on any atom is -0.368 e. The van der Waals surface area contributed by atoms with Gasteiger partial charge in [0, 0.05) is 24.4 Å². The van der Waals surface area contributed by atoms with Crippen molar-refractivity contribution < 1.29 is 0 Å². The molecule has 0 amide bonds. The Balaban J connectivity index is 1.75. The lowest BCUT2D eigenvalue weighted by atomic mass is 9.85. The third kappa shape index (κ3) is 2.45. The van der Waals surface area contributed by atoms with Crippen molar-refractivity contribution in [3.8, 4) is 0 Å². The lowest BCUT2D eigenvalue weighted by Gasteiger charge is -2.25. The lowest BCUT2D eigenvalue weighted by Crippen LogP contribution is -2.28. The topological polar surface area (TPSA) is 68.0 Å². The van der Waals surface area contributed by atoms with Crippen molar-refractivity contribution in [2.24, 2.45) is 0 Å². The third-order valence-electron chi connectivity index (χ3n) is 3.33. The quantitative estimate of drug-likeness (QED) is 0.782. The van der Waals surface area contributed by atoms with Crippen LogP contribution in [0.25, 0.3) is 5.65 Å². The van der Waals surface area contributed by atoms with E-state index >= 15 is 0 Å². The molecule has 3 aromatic rings. The second-order valence-corrected chi connectivity index (χ2v) is 5.33. The van der Waals surface area contributed by atoms with Crippen molar-refractivity contribution in [3.05, 3.63) is 48.5 Å². The normalized spacial score (nSPS) is 11.7. The summed E-state index contributed by atoms with van der Waals surface area (Å²) in [5, 5.41) is 15.5. The van der Waals surface area contributed by atoms with Crippen molar-refractivity contribution in [2.45, 2.75) is 19.3 Å². The van der Waals surface area contributed by atoms with Crippen LogP contribution in [0.15, 0.2) is 43.0 Å². The molecule has 0 aromatic carbocycles. The number of nitrogens with zero attached hydrogens (tertiary/aromatic N) is 5. The van der Waals surface area contributed by atoms with Gasteiger partial charge >= 0.3 is 0 Å². The van der Waals surface area contributed by atoms with Gasteiger partial charge in [-0.05, 0) is 29.8 Å². The molecule has 0 bridgehead atoms. The van der Waals surface area contributed by atoms with Gasteiger partial charge in [0.05, 0.1) is 0 Å². The summed E-state index contributed by atoms with van der Waals surface area (Å²) in [7, 11) is 0. The summed E-state index contributed by atoms with van der Waals surface area (Å²) in [6.07, 6.45) is 5.23. The van der Waals surface area contributed by atoms with Crippen LogP contribution in [0.3, 0.4) is 0 Å². The van der Waals surface area contributed by atoms with Crippen molar-refractivity contribution >= 4 is 11.5 Å². The van der Waals surface area contributed by atoms with E-state index in [0.717, 1.165) is 18.0 Å². The Labute approximate surface area is 116 Å². The molecule has 0 spiro atoms. The summed E-state index contributed by atoms with van der Waals surface area (Å²) in [5.74, 6) is 0.805. The highest BCUT2D eigenvalue weighted by Crippen LogP contribution is 2.22. The first-order valence-corrected chi connectivity index (χ1v) is 6.47. The summed E-state index contributed by atoms with van der Waals surface area (Å²) in [6.45, 7) is 5.15. The average molecular weight is 268 g/mol. The molecule has 0 saturated heterocycles. The van der Waals surface area contributed by atoms with Gasteiger partial charge < -0.3 is 5.32 Å². The lowest BCUT2D eigenvalue weighted by molar-refractivity contribution is 0.554. The summed E-state index contributed by atoms with van der Waals surface area (Å²) >= 11 is 0. The molecular weight excluding hydrogens is 252 g/mol. The SMILES string of the molecule is CC(C)(CNc1ccc2nncn2n1)c1ccncc1. The van der Waals surface area contributed by atoms with Crippen molar-refractivity contribution in [1.29, 1.82) is 0 Å². The largest absolute Gasteiger partial charge is 0.368 e. The van der Waals surface area contributed by atoms with E-state index in [-0.39, 0.29) is 5.41 Å². The van der Waals surface area contributed by atoms with Gasteiger partial charge in [0.25, 0.3) is 0 Å². The van der Waals surface area contributed by atoms with Crippen LogP contribution in [-0.4, -0.2) is 31.3 Å². The molecule has 0 aliphatic carbocycles. The second-order valence-electron chi connectivity index (χ2n) is 5.33. The van der Waals surface area contributed by atoms with E-state index in [4.69, 9.17) is 0 Å². The predicted octanol–water partition coefficient (Wildman–Crippen LogP) is 1.91. The van der Waals surface area contributed by atoms with Crippen LogP contribution in [-0.2, 0) is 5.41 Å². The first-order valence-electron chi connectivity index (χ1n) is 6.47. The maximum atomic E-state index is 4.40. The molecule has 1 N–H and O–H groups in total. The predicted molar refractivity (Wildman–Crippen MR) is 76.5 cm³/mol. The molecule has 0 unspecified atom stereocenters. The van der Waals surface area contributed by atoms with Gasteiger partial charge in [-0.15, -0.1) is 15.3 Å². The van der Waals surface area contributed by atoms with Crippen LogP contribution >= 0.6 is 0 Å². The Bertz CT molecular complexity index is 704. The number of nitrogens with one attached hydrogen (secondary N) is 1. The van der Waals surface area contributed by atoms with Crippen LogP contribution < -0.4 is 5.32 Å². The minimum atomic E-state index is -0.00718. The fourth-order valence-corrected chi connectivity index (χ4v) is 2.04. The number of hydrogen-bond acceptors (Lipinski definition) is 5. The van der Waals surface area contributed by atoms with E-state index in [2.05, 4.69) is 39.4 Å². The van der Waals surface area contributed by atoms with E-state index in [1.807, 2.05) is 36.7 Å². The summed E-state index contributed by atoms with van der Waals surface area (Å²) < 4.78 is 1.65. The summed E-state index contributed by atoms with van der Waals surface area (Å²) in [6, 6.07) is 7.88. The number of fused-ring (bicyclic) bond motifs is 1. The zero-order chi connectivity index (χ0) is 14.0. The van der Waals surface area contributed by atoms with Crippen LogP contribution in [0.5, 0.6) is 0 Å². The van der Waals surface area contributed by atoms with E-state index in [1.165, 1.54) is 5.56 Å². The van der Waals surface area contributed by atoms with Gasteiger partial charge in [0.1, 0.15) is 12.1 Å². The van der Waals surface area contributed by atoms with Crippen molar-refractivity contribution in [2.75, 3.05) is 11.9 Å². The minimum absolute atomic E-state index is 0.00718. The summed E-state index contributed by atoms with van der Waals surface area (Å²) in [4.78, 5) is 4.06. The molecule has 0 aliphatic rings. The van der Waals surface area contributed by atoms with Gasteiger partial charge in [-0.3, -0.25) is 4.98 Å². The molecule has 102 valence electrons. The van der Waals surface area contributed by atoms with Gasteiger partial charge in [-0.2, -0.15) is 4.52 Å². The fraction of sp³-hybridized carbons (Fsp3) is 0.286. The van der Waals surface area contributed by atoms with E-state index in [1.54, 1.807) is 10.8 Å². The molecule has 3 rings (SSSR count). The van der Waals surface area contributed by atoms with E-state index in [0.29, 0.717) is 0 Å². The number of anilines is 1. The zero-order valence-electron chi connectivity index (χ0n) is 11.5. The van der Waals surface area contributed by atoms with Crippen molar-refractivity contribution in [3.63, 3.8) is 0 Å². The van der Waals surface area contributed by atoms with Gasteiger partial charge in [0.15, 0.2) is 5.65 Å². The highest BCUT2D eigenvalue weighted by Gasteiger charge is 2.20. The first kappa shape index (κ1) is 12.5. The first-order chi connectivity index (χ1) is 9.65. The average Bonchev–Trinajstić information content (AvgIpc) is 2.94. The van der Waals surface area contributed by atoms with Gasteiger partial charge in [0.2, 0.25) is 0 Å². The van der Waals surface area contributed by atoms with Crippen LogP contribution in [0.1, 0.15) is 19.4 Å². The zero-order valence-corrected chi connectivity index (χ0v) is 11.5. The second kappa shape index (κ2) is 4.88. The van der Waals surface area contributed by atoms with Crippen LogP contribution in [0, 0.1) is 0 Å². The number of hydrogen-bond donors (Lipinski definition) is 1. The molecule has 6 nitrogen and oxygen atoms in total. The maximum Gasteiger partial charge on any atom is 0.177 e. The van der Waals surface area contributed by atoms with Crippen molar-refractivity contribution in [1.82, 2.24) is 24.8 Å². The van der Waals surface area contributed by atoms with Gasteiger partial charge in [-0.25, -0.2) is 0 Å². The van der Waals surface area contributed by atoms with E-state index in [9.17, 15) is 0 Å². The molecule has 3 heterocycles. The maximum absolute atomic E-state index is 4.40. The van der Waals surface area contributed by atoms with Crippen LogP contribution in [0.4, 0.5) is 5.82 Å². The fourth-order valence-electron chi connectivity index (χ4n) is 2.04. The molecular formula is C14H16N6. The molecule has 0 fully saturated rings. The Morgan fingerprint density at radius 2 is 1.95 bits per heavy atom. The molecule has 0 radical (unpaired) electrons. The van der Waals surface area contributed by atoms with Gasteiger partial charge in [-0.1, -0.05) is 13.8 Å². The Morgan fingerprint density at radius 1 is 1.15 bits per heavy atom. The smallest absolute Gasteiger partial charge is 0.177 e. The highest BCUT2D eigenvalue weighted by molar-refractivity contribution is 5.43. The molecule has 0 saturated carbocycles. The molecule has 3 aromatic heterocycles. The molecule has 0 aliphatic heterocycles. The molecule has 6 heteroatoms. The Morgan fingerprint density at radius 3 is 2.75 bits per heavy atom. The Hall–Kier alpha value is -2.50.